The molecule has 0 aliphatic carbocycles. The van der Waals surface area contributed by atoms with Gasteiger partial charge in [0.15, 0.2) is 0 Å². The molecule has 1 atom stereocenters. The van der Waals surface area contributed by atoms with Crippen LogP contribution in [0.4, 0.5) is 0 Å². The summed E-state index contributed by atoms with van der Waals surface area (Å²) in [6.45, 7) is 7.49. The number of piperidine rings is 1. The van der Waals surface area contributed by atoms with Crippen molar-refractivity contribution in [2.45, 2.75) is 33.2 Å². The van der Waals surface area contributed by atoms with Crippen molar-refractivity contribution in [3.05, 3.63) is 53.1 Å². The van der Waals surface area contributed by atoms with Crippen LogP contribution in [0.15, 0.2) is 30.5 Å². The number of rotatable bonds is 5. The van der Waals surface area contributed by atoms with Crippen molar-refractivity contribution in [3.63, 3.8) is 0 Å². The molecule has 27 heavy (non-hydrogen) atoms. The molecule has 5 nitrogen and oxygen atoms in total. The Hall–Kier alpha value is -1.56. The highest BCUT2D eigenvalue weighted by molar-refractivity contribution is 5.95. The number of carbonyl (C=O) groups is 1. The first-order chi connectivity index (χ1) is 12.1. The number of amides is 1. The van der Waals surface area contributed by atoms with E-state index in [-0.39, 0.29) is 30.7 Å². The van der Waals surface area contributed by atoms with Crippen molar-refractivity contribution in [2.24, 2.45) is 5.92 Å². The predicted molar refractivity (Wildman–Crippen MR) is 114 cm³/mol. The lowest BCUT2D eigenvalue weighted by Gasteiger charge is -2.32. The van der Waals surface area contributed by atoms with E-state index in [1.807, 2.05) is 49.3 Å². The number of hydrogen-bond donors (Lipinski definition) is 1. The molecule has 2 aromatic rings. The van der Waals surface area contributed by atoms with Gasteiger partial charge in [-0.3, -0.25) is 9.78 Å². The third-order valence-corrected chi connectivity index (χ3v) is 5.15. The van der Waals surface area contributed by atoms with Crippen molar-refractivity contribution in [2.75, 3.05) is 26.7 Å². The summed E-state index contributed by atoms with van der Waals surface area (Å²) in [6, 6.07) is 7.97. The number of halogens is 2. The Labute approximate surface area is 174 Å². The lowest BCUT2D eigenvalue weighted by Crippen LogP contribution is -2.42. The molecule has 1 aliphatic rings. The number of carbonyl (C=O) groups excluding carboxylic acids is 1. The molecule has 150 valence electrons. The number of hydrogen-bond acceptors (Lipinski definition) is 3. The summed E-state index contributed by atoms with van der Waals surface area (Å²) >= 11 is 0. The first kappa shape index (κ1) is 23.5. The zero-order chi connectivity index (χ0) is 17.8. The Bertz CT molecular complexity index is 731. The van der Waals surface area contributed by atoms with Gasteiger partial charge in [0.2, 0.25) is 0 Å². The maximum atomic E-state index is 13.1. The van der Waals surface area contributed by atoms with Crippen molar-refractivity contribution in [1.29, 1.82) is 0 Å². The van der Waals surface area contributed by atoms with Crippen LogP contribution >= 0.6 is 24.8 Å². The summed E-state index contributed by atoms with van der Waals surface area (Å²) in [5.41, 5.74) is 3.98. The summed E-state index contributed by atoms with van der Waals surface area (Å²) < 4.78 is 2.19. The van der Waals surface area contributed by atoms with Crippen molar-refractivity contribution in [3.8, 4) is 0 Å². The highest BCUT2D eigenvalue weighted by atomic mass is 35.5. The Balaban J connectivity index is 0.00000182. The number of likely N-dealkylation sites (tertiary alicyclic amines) is 1. The van der Waals surface area contributed by atoms with Crippen LogP contribution in [-0.2, 0) is 6.54 Å². The SMILES string of the molecule is CNCC1CCCN(C(=O)c2cc(C)n(Cc3ccccn3)c2C)C1.Cl.Cl. The van der Waals surface area contributed by atoms with Crippen molar-refractivity contribution < 1.29 is 4.79 Å². The Morgan fingerprint density at radius 3 is 2.74 bits per heavy atom. The zero-order valence-electron chi connectivity index (χ0n) is 16.3. The fourth-order valence-electron chi connectivity index (χ4n) is 3.79. The van der Waals surface area contributed by atoms with E-state index in [0.29, 0.717) is 12.5 Å². The summed E-state index contributed by atoms with van der Waals surface area (Å²) in [4.78, 5) is 19.5. The van der Waals surface area contributed by atoms with Crippen LogP contribution in [0.1, 0.15) is 40.3 Å². The Morgan fingerprint density at radius 2 is 2.07 bits per heavy atom. The van der Waals surface area contributed by atoms with E-state index in [0.717, 1.165) is 48.7 Å². The molecule has 0 spiro atoms. The van der Waals surface area contributed by atoms with Crippen LogP contribution < -0.4 is 5.32 Å². The van der Waals surface area contributed by atoms with Crippen LogP contribution in [0, 0.1) is 19.8 Å². The normalized spacial score (nSPS) is 16.4. The van der Waals surface area contributed by atoms with E-state index >= 15 is 0 Å². The second-order valence-corrected chi connectivity index (χ2v) is 7.01. The van der Waals surface area contributed by atoms with E-state index in [4.69, 9.17) is 0 Å². The molecule has 0 radical (unpaired) electrons. The molecule has 1 amide bonds. The molecule has 1 unspecified atom stereocenters. The average Bonchev–Trinajstić information content (AvgIpc) is 2.91. The molecule has 7 heteroatoms. The van der Waals surface area contributed by atoms with Gasteiger partial charge in [-0.25, -0.2) is 0 Å². The predicted octanol–water partition coefficient (Wildman–Crippen LogP) is 3.46. The van der Waals surface area contributed by atoms with Gasteiger partial charge in [0.25, 0.3) is 5.91 Å². The van der Waals surface area contributed by atoms with Crippen LogP contribution in [-0.4, -0.2) is 47.0 Å². The molecular formula is C20H30Cl2N4O. The van der Waals surface area contributed by atoms with Crippen molar-refractivity contribution >= 4 is 30.7 Å². The third-order valence-electron chi connectivity index (χ3n) is 5.15. The van der Waals surface area contributed by atoms with Gasteiger partial charge in [0.1, 0.15) is 0 Å². The van der Waals surface area contributed by atoms with Gasteiger partial charge in [-0.2, -0.15) is 0 Å². The maximum absolute atomic E-state index is 13.1. The van der Waals surface area contributed by atoms with E-state index in [2.05, 4.69) is 21.8 Å². The third kappa shape index (κ3) is 5.47. The second kappa shape index (κ2) is 10.7. The van der Waals surface area contributed by atoms with Gasteiger partial charge in [0.05, 0.1) is 17.8 Å². The largest absolute Gasteiger partial charge is 0.342 e. The fraction of sp³-hybridized carbons (Fsp3) is 0.500. The summed E-state index contributed by atoms with van der Waals surface area (Å²) in [7, 11) is 1.98. The molecule has 3 heterocycles. The van der Waals surface area contributed by atoms with Gasteiger partial charge >= 0.3 is 0 Å². The van der Waals surface area contributed by atoms with Crippen LogP contribution in [0.25, 0.3) is 0 Å². The number of pyridine rings is 1. The van der Waals surface area contributed by atoms with E-state index in [1.54, 1.807) is 0 Å². The lowest BCUT2D eigenvalue weighted by atomic mass is 9.97. The van der Waals surface area contributed by atoms with E-state index < -0.39 is 0 Å². The first-order valence-electron chi connectivity index (χ1n) is 9.10. The number of nitrogens with zero attached hydrogens (tertiary/aromatic N) is 3. The summed E-state index contributed by atoms with van der Waals surface area (Å²) in [5, 5.41) is 3.24. The molecule has 3 rings (SSSR count). The quantitative estimate of drug-likeness (QED) is 0.817. The second-order valence-electron chi connectivity index (χ2n) is 7.01. The highest BCUT2D eigenvalue weighted by Gasteiger charge is 2.26. The number of aryl methyl sites for hydroxylation is 1. The monoisotopic (exact) mass is 412 g/mol. The van der Waals surface area contributed by atoms with Crippen LogP contribution in [0.5, 0.6) is 0 Å². The molecule has 0 bridgehead atoms. The maximum Gasteiger partial charge on any atom is 0.255 e. The molecule has 1 aliphatic heterocycles. The molecule has 2 aromatic heterocycles. The van der Waals surface area contributed by atoms with Gasteiger partial charge in [-0.15, -0.1) is 24.8 Å². The minimum atomic E-state index is 0. The zero-order valence-corrected chi connectivity index (χ0v) is 17.9. The first-order valence-corrected chi connectivity index (χ1v) is 9.10. The minimum Gasteiger partial charge on any atom is -0.342 e. The topological polar surface area (TPSA) is 50.2 Å². The molecule has 1 saturated heterocycles. The van der Waals surface area contributed by atoms with Crippen LogP contribution in [0.3, 0.4) is 0 Å². The molecule has 0 saturated carbocycles. The Morgan fingerprint density at radius 1 is 1.30 bits per heavy atom. The van der Waals surface area contributed by atoms with Gasteiger partial charge < -0.3 is 14.8 Å². The number of nitrogens with one attached hydrogen (secondary N) is 1. The summed E-state index contributed by atoms with van der Waals surface area (Å²) in [6.07, 6.45) is 4.10. The van der Waals surface area contributed by atoms with Gasteiger partial charge in [-0.1, -0.05) is 6.07 Å². The fourth-order valence-corrected chi connectivity index (χ4v) is 3.79. The molecular weight excluding hydrogens is 383 g/mol. The minimum absolute atomic E-state index is 0. The average molecular weight is 413 g/mol. The standard InChI is InChI=1S/C20H28N4O.2ClH/c1-15-11-19(16(2)24(15)14-18-8-4-5-9-22-18)20(25)23-10-6-7-17(13-23)12-21-3;;/h4-5,8-9,11,17,21H,6-7,10,12-14H2,1-3H3;2*1H. The molecule has 1 N–H and O–H groups in total. The smallest absolute Gasteiger partial charge is 0.255 e. The molecule has 1 fully saturated rings. The highest BCUT2D eigenvalue weighted by Crippen LogP contribution is 2.22. The lowest BCUT2D eigenvalue weighted by molar-refractivity contribution is 0.0673. The van der Waals surface area contributed by atoms with Gasteiger partial charge in [-0.05, 0) is 64.4 Å². The molecule has 0 aromatic carbocycles. The number of aromatic nitrogens is 2. The van der Waals surface area contributed by atoms with E-state index in [1.165, 1.54) is 6.42 Å². The van der Waals surface area contributed by atoms with E-state index in [9.17, 15) is 4.79 Å². The van der Waals surface area contributed by atoms with Crippen LogP contribution in [0.2, 0.25) is 0 Å². The Kier molecular flexibility index (Phi) is 9.30. The van der Waals surface area contributed by atoms with Gasteiger partial charge in [0, 0.05) is 30.7 Å². The summed E-state index contributed by atoms with van der Waals surface area (Å²) in [5.74, 6) is 0.723. The van der Waals surface area contributed by atoms with Crippen molar-refractivity contribution in [1.82, 2.24) is 19.8 Å².